The van der Waals surface area contributed by atoms with E-state index in [1.807, 2.05) is 0 Å². The lowest BCUT2D eigenvalue weighted by molar-refractivity contribution is 0.189. The third-order valence-electron chi connectivity index (χ3n) is 3.65. The second kappa shape index (κ2) is 4.19. The molecule has 2 aliphatic rings. The zero-order valence-corrected chi connectivity index (χ0v) is 9.79. The molecule has 2 rings (SSSR count). The SMILES string of the molecule is CC(C)NC1CC1C1CCCN(C)C1. The predicted octanol–water partition coefficient (Wildman–Crippen LogP) is 1.71. The molecular formula is C12H24N2. The number of hydrogen-bond acceptors (Lipinski definition) is 2. The Hall–Kier alpha value is -0.0800. The topological polar surface area (TPSA) is 15.3 Å². The minimum absolute atomic E-state index is 0.659. The predicted molar refractivity (Wildman–Crippen MR) is 60.4 cm³/mol. The van der Waals surface area contributed by atoms with E-state index in [4.69, 9.17) is 0 Å². The second-order valence-electron chi connectivity index (χ2n) is 5.49. The fraction of sp³-hybridized carbons (Fsp3) is 1.00. The van der Waals surface area contributed by atoms with E-state index in [2.05, 4.69) is 31.1 Å². The molecule has 1 aliphatic carbocycles. The quantitative estimate of drug-likeness (QED) is 0.739. The Balaban J connectivity index is 1.75. The summed E-state index contributed by atoms with van der Waals surface area (Å²) in [6.07, 6.45) is 4.30. The molecule has 0 radical (unpaired) electrons. The Morgan fingerprint density at radius 3 is 2.79 bits per heavy atom. The normalized spacial score (nSPS) is 39.0. The summed E-state index contributed by atoms with van der Waals surface area (Å²) in [5.74, 6) is 1.96. The van der Waals surface area contributed by atoms with Crippen LogP contribution in [0, 0.1) is 11.8 Å². The van der Waals surface area contributed by atoms with Gasteiger partial charge in [0.05, 0.1) is 0 Å². The molecule has 0 bridgehead atoms. The Morgan fingerprint density at radius 2 is 2.14 bits per heavy atom. The van der Waals surface area contributed by atoms with Gasteiger partial charge in [-0.1, -0.05) is 13.8 Å². The second-order valence-corrected chi connectivity index (χ2v) is 5.49. The van der Waals surface area contributed by atoms with Crippen molar-refractivity contribution in [1.29, 1.82) is 0 Å². The van der Waals surface area contributed by atoms with Crippen LogP contribution in [0.1, 0.15) is 33.1 Å². The lowest BCUT2D eigenvalue weighted by Crippen LogP contribution is -2.35. The van der Waals surface area contributed by atoms with Gasteiger partial charge in [-0.2, -0.15) is 0 Å². The highest BCUT2D eigenvalue weighted by Crippen LogP contribution is 2.41. The van der Waals surface area contributed by atoms with E-state index in [-0.39, 0.29) is 0 Å². The average Bonchev–Trinajstić information content (AvgIpc) is 2.82. The minimum Gasteiger partial charge on any atom is -0.311 e. The van der Waals surface area contributed by atoms with Crippen molar-refractivity contribution in [3.63, 3.8) is 0 Å². The monoisotopic (exact) mass is 196 g/mol. The third kappa shape index (κ3) is 2.48. The molecule has 0 spiro atoms. The lowest BCUT2D eigenvalue weighted by atomic mass is 9.93. The summed E-state index contributed by atoms with van der Waals surface area (Å²) in [6.45, 7) is 7.15. The van der Waals surface area contributed by atoms with Crippen LogP contribution >= 0.6 is 0 Å². The number of hydrogen-bond donors (Lipinski definition) is 1. The van der Waals surface area contributed by atoms with Crippen molar-refractivity contribution in [2.45, 2.75) is 45.2 Å². The summed E-state index contributed by atoms with van der Waals surface area (Å²) >= 11 is 0. The number of nitrogens with zero attached hydrogens (tertiary/aromatic N) is 1. The lowest BCUT2D eigenvalue weighted by Gasteiger charge is -2.30. The van der Waals surface area contributed by atoms with Gasteiger partial charge in [0.15, 0.2) is 0 Å². The van der Waals surface area contributed by atoms with E-state index in [1.165, 1.54) is 32.4 Å². The molecule has 3 unspecified atom stereocenters. The first kappa shape index (κ1) is 10.4. The summed E-state index contributed by atoms with van der Waals surface area (Å²) in [4.78, 5) is 2.50. The zero-order chi connectivity index (χ0) is 10.1. The van der Waals surface area contributed by atoms with E-state index in [0.717, 1.165) is 17.9 Å². The Morgan fingerprint density at radius 1 is 1.36 bits per heavy atom. The molecule has 0 aromatic carbocycles. The molecule has 1 N–H and O–H groups in total. The summed E-state index contributed by atoms with van der Waals surface area (Å²) in [7, 11) is 2.26. The van der Waals surface area contributed by atoms with Gasteiger partial charge in [-0.25, -0.2) is 0 Å². The van der Waals surface area contributed by atoms with E-state index >= 15 is 0 Å². The van der Waals surface area contributed by atoms with Gasteiger partial charge in [0, 0.05) is 18.6 Å². The molecule has 14 heavy (non-hydrogen) atoms. The summed E-state index contributed by atoms with van der Waals surface area (Å²) < 4.78 is 0. The molecule has 3 atom stereocenters. The van der Waals surface area contributed by atoms with Crippen LogP contribution in [0.4, 0.5) is 0 Å². The summed E-state index contributed by atoms with van der Waals surface area (Å²) in [6, 6.07) is 1.50. The largest absolute Gasteiger partial charge is 0.311 e. The molecule has 1 saturated heterocycles. The average molecular weight is 196 g/mol. The van der Waals surface area contributed by atoms with Crippen molar-refractivity contribution < 1.29 is 0 Å². The van der Waals surface area contributed by atoms with Gasteiger partial charge in [-0.05, 0) is 44.7 Å². The maximum Gasteiger partial charge on any atom is 0.0105 e. The molecule has 0 aromatic heterocycles. The fourth-order valence-corrected chi connectivity index (χ4v) is 2.91. The highest BCUT2D eigenvalue weighted by atomic mass is 15.1. The van der Waals surface area contributed by atoms with Crippen LogP contribution in [-0.4, -0.2) is 37.1 Å². The smallest absolute Gasteiger partial charge is 0.0105 e. The van der Waals surface area contributed by atoms with Crippen LogP contribution in [0.25, 0.3) is 0 Å². The molecule has 2 fully saturated rings. The molecule has 1 saturated carbocycles. The molecule has 2 nitrogen and oxygen atoms in total. The van der Waals surface area contributed by atoms with E-state index in [9.17, 15) is 0 Å². The fourth-order valence-electron chi connectivity index (χ4n) is 2.91. The van der Waals surface area contributed by atoms with Crippen molar-refractivity contribution in [2.75, 3.05) is 20.1 Å². The zero-order valence-electron chi connectivity index (χ0n) is 9.79. The Kier molecular flexibility index (Phi) is 3.13. The van der Waals surface area contributed by atoms with Gasteiger partial charge in [-0.15, -0.1) is 0 Å². The van der Waals surface area contributed by atoms with Gasteiger partial charge in [0.2, 0.25) is 0 Å². The number of rotatable bonds is 3. The highest BCUT2D eigenvalue weighted by Gasteiger charge is 2.43. The molecule has 1 heterocycles. The third-order valence-corrected chi connectivity index (χ3v) is 3.65. The van der Waals surface area contributed by atoms with Gasteiger partial charge in [-0.3, -0.25) is 0 Å². The van der Waals surface area contributed by atoms with Crippen LogP contribution in [0.2, 0.25) is 0 Å². The number of piperidine rings is 1. The summed E-state index contributed by atoms with van der Waals surface area (Å²) in [5, 5.41) is 3.66. The van der Waals surface area contributed by atoms with E-state index in [1.54, 1.807) is 0 Å². The van der Waals surface area contributed by atoms with Gasteiger partial charge in [0.1, 0.15) is 0 Å². The van der Waals surface area contributed by atoms with Crippen LogP contribution in [0.3, 0.4) is 0 Å². The Labute approximate surface area is 88.1 Å². The van der Waals surface area contributed by atoms with Crippen LogP contribution < -0.4 is 5.32 Å². The van der Waals surface area contributed by atoms with Crippen LogP contribution in [0.5, 0.6) is 0 Å². The number of likely N-dealkylation sites (tertiary alicyclic amines) is 1. The molecule has 0 amide bonds. The van der Waals surface area contributed by atoms with Crippen molar-refractivity contribution >= 4 is 0 Å². The molecule has 0 aromatic rings. The van der Waals surface area contributed by atoms with Crippen molar-refractivity contribution in [3.05, 3.63) is 0 Å². The Bertz CT molecular complexity index is 191. The molecule has 2 heteroatoms. The van der Waals surface area contributed by atoms with Gasteiger partial charge < -0.3 is 10.2 Å². The first-order valence-electron chi connectivity index (χ1n) is 6.11. The van der Waals surface area contributed by atoms with Crippen molar-refractivity contribution in [3.8, 4) is 0 Å². The van der Waals surface area contributed by atoms with Crippen LogP contribution in [0.15, 0.2) is 0 Å². The highest BCUT2D eigenvalue weighted by molar-refractivity contribution is 4.99. The van der Waals surface area contributed by atoms with Gasteiger partial charge >= 0.3 is 0 Å². The van der Waals surface area contributed by atoms with E-state index < -0.39 is 0 Å². The maximum atomic E-state index is 3.66. The van der Waals surface area contributed by atoms with E-state index in [0.29, 0.717) is 6.04 Å². The molecule has 82 valence electrons. The molecule has 1 aliphatic heterocycles. The summed E-state index contributed by atoms with van der Waals surface area (Å²) in [5.41, 5.74) is 0. The minimum atomic E-state index is 0.659. The van der Waals surface area contributed by atoms with Gasteiger partial charge in [0.25, 0.3) is 0 Å². The molecular weight excluding hydrogens is 172 g/mol. The number of nitrogens with one attached hydrogen (secondary N) is 1. The van der Waals surface area contributed by atoms with Crippen molar-refractivity contribution in [1.82, 2.24) is 10.2 Å². The first-order chi connectivity index (χ1) is 6.66. The van der Waals surface area contributed by atoms with Crippen LogP contribution in [-0.2, 0) is 0 Å². The van der Waals surface area contributed by atoms with Crippen molar-refractivity contribution in [2.24, 2.45) is 11.8 Å². The first-order valence-corrected chi connectivity index (χ1v) is 6.11. The maximum absolute atomic E-state index is 3.66. The standard InChI is InChI=1S/C12H24N2/c1-9(2)13-12-7-11(12)10-5-4-6-14(3)8-10/h9-13H,4-8H2,1-3H3.